The van der Waals surface area contributed by atoms with Crippen molar-refractivity contribution in [2.45, 2.75) is 20.3 Å². The van der Waals surface area contributed by atoms with Gasteiger partial charge in [-0.25, -0.2) is 9.97 Å². The van der Waals surface area contributed by atoms with Crippen molar-refractivity contribution in [3.63, 3.8) is 0 Å². The maximum absolute atomic E-state index is 12.8. The van der Waals surface area contributed by atoms with Crippen molar-refractivity contribution in [3.8, 4) is 11.3 Å². The lowest BCUT2D eigenvalue weighted by atomic mass is 10.0. The van der Waals surface area contributed by atoms with Crippen molar-refractivity contribution in [2.75, 3.05) is 12.4 Å². The highest BCUT2D eigenvalue weighted by Gasteiger charge is 2.16. The zero-order valence-corrected chi connectivity index (χ0v) is 18.2. The summed E-state index contributed by atoms with van der Waals surface area (Å²) in [4.78, 5) is 32.9. The van der Waals surface area contributed by atoms with Crippen LogP contribution in [0.3, 0.4) is 0 Å². The van der Waals surface area contributed by atoms with E-state index in [2.05, 4.69) is 20.6 Å². The number of hydrogen-bond acceptors (Lipinski definition) is 4. The van der Waals surface area contributed by atoms with Gasteiger partial charge in [0.1, 0.15) is 0 Å². The number of rotatable bonds is 5. The van der Waals surface area contributed by atoms with Gasteiger partial charge in [-0.05, 0) is 54.8 Å². The number of carbonyl (C=O) groups is 2. The molecule has 0 saturated carbocycles. The second-order valence-electron chi connectivity index (χ2n) is 6.80. The van der Waals surface area contributed by atoms with E-state index >= 15 is 0 Å². The summed E-state index contributed by atoms with van der Waals surface area (Å²) in [5.41, 5.74) is 4.34. The number of hydrogen-bond donors (Lipinski definition) is 2. The van der Waals surface area contributed by atoms with E-state index in [1.54, 1.807) is 31.3 Å². The first-order valence-corrected chi connectivity index (χ1v) is 9.94. The molecule has 0 aliphatic rings. The molecule has 2 N–H and O–H groups in total. The number of carbonyl (C=O) groups excluding carboxylic acids is 2. The third-order valence-corrected chi connectivity index (χ3v) is 5.10. The van der Waals surface area contributed by atoms with Crippen molar-refractivity contribution in [3.05, 3.63) is 75.2 Å². The number of aromatic nitrogens is 2. The Morgan fingerprint density at radius 3 is 2.40 bits per heavy atom. The number of nitrogens with one attached hydrogen (secondary N) is 2. The third-order valence-electron chi connectivity index (χ3n) is 4.54. The maximum Gasteiger partial charge on any atom is 0.293 e. The fourth-order valence-corrected chi connectivity index (χ4v) is 3.49. The molecule has 0 fully saturated rings. The Hall–Kier alpha value is -2.96. The maximum atomic E-state index is 12.8. The first-order chi connectivity index (χ1) is 14.3. The number of nitrogens with zero attached hydrogens (tertiary/aromatic N) is 2. The van der Waals surface area contributed by atoms with Gasteiger partial charge >= 0.3 is 0 Å². The summed E-state index contributed by atoms with van der Waals surface area (Å²) in [6.07, 6.45) is 1.78. The van der Waals surface area contributed by atoms with E-state index < -0.39 is 5.91 Å². The summed E-state index contributed by atoms with van der Waals surface area (Å²) in [7, 11) is 1.60. The summed E-state index contributed by atoms with van der Waals surface area (Å²) in [6, 6.07) is 10.5. The monoisotopic (exact) mass is 442 g/mol. The van der Waals surface area contributed by atoms with Gasteiger partial charge in [0.15, 0.2) is 0 Å². The standard InChI is InChI=1S/C22H20Cl2N4O2/c1-12-8-14(10-19(29)25-3)9-13(2)20(12)28-22(30)21-26-7-6-18(27-21)16-11-15(23)4-5-17(16)24/h4-9,11H,10H2,1-3H3,(H,25,29)(H,28,30). The molecule has 0 saturated heterocycles. The molecule has 3 rings (SSSR count). The smallest absolute Gasteiger partial charge is 0.293 e. The molecule has 3 aromatic rings. The van der Waals surface area contributed by atoms with Gasteiger partial charge in [0.05, 0.1) is 17.1 Å². The Morgan fingerprint density at radius 2 is 1.73 bits per heavy atom. The topological polar surface area (TPSA) is 84.0 Å². The van der Waals surface area contributed by atoms with Gasteiger partial charge in [-0.2, -0.15) is 0 Å². The van der Waals surface area contributed by atoms with Crippen molar-refractivity contribution >= 4 is 40.7 Å². The van der Waals surface area contributed by atoms with Gasteiger partial charge < -0.3 is 10.6 Å². The van der Waals surface area contributed by atoms with Gasteiger partial charge in [-0.15, -0.1) is 0 Å². The highest BCUT2D eigenvalue weighted by atomic mass is 35.5. The van der Waals surface area contributed by atoms with Gasteiger partial charge in [0.2, 0.25) is 11.7 Å². The molecule has 0 unspecified atom stereocenters. The van der Waals surface area contributed by atoms with E-state index in [0.29, 0.717) is 27.0 Å². The Morgan fingerprint density at radius 1 is 1.03 bits per heavy atom. The SMILES string of the molecule is CNC(=O)Cc1cc(C)c(NC(=O)c2nccc(-c3cc(Cl)ccc3Cl)n2)c(C)c1. The molecule has 0 spiro atoms. The molecular weight excluding hydrogens is 423 g/mol. The zero-order chi connectivity index (χ0) is 21.8. The van der Waals surface area contributed by atoms with E-state index in [4.69, 9.17) is 23.2 Å². The van der Waals surface area contributed by atoms with Crippen molar-refractivity contribution in [2.24, 2.45) is 0 Å². The van der Waals surface area contributed by atoms with Crippen LogP contribution in [0.1, 0.15) is 27.3 Å². The molecule has 30 heavy (non-hydrogen) atoms. The highest BCUT2D eigenvalue weighted by molar-refractivity contribution is 6.35. The van der Waals surface area contributed by atoms with Gasteiger partial charge in [-0.3, -0.25) is 9.59 Å². The molecule has 1 aromatic heterocycles. The summed E-state index contributed by atoms with van der Waals surface area (Å²) in [6.45, 7) is 3.75. The van der Waals surface area contributed by atoms with Crippen LogP contribution in [0, 0.1) is 13.8 Å². The molecular formula is C22H20Cl2N4O2. The molecule has 2 aromatic carbocycles. The molecule has 6 nitrogen and oxygen atoms in total. The third kappa shape index (κ3) is 4.96. The first kappa shape index (κ1) is 21.7. The van der Waals surface area contributed by atoms with Crippen LogP contribution in [0.15, 0.2) is 42.6 Å². The van der Waals surface area contributed by atoms with E-state index in [1.807, 2.05) is 26.0 Å². The predicted molar refractivity (Wildman–Crippen MR) is 119 cm³/mol. The lowest BCUT2D eigenvalue weighted by Gasteiger charge is -2.14. The van der Waals surface area contributed by atoms with Gasteiger partial charge in [-0.1, -0.05) is 35.3 Å². The molecule has 0 bridgehead atoms. The normalized spacial score (nSPS) is 10.6. The van der Waals surface area contributed by atoms with E-state index in [9.17, 15) is 9.59 Å². The minimum absolute atomic E-state index is 0.0109. The minimum atomic E-state index is -0.444. The Labute approximate surface area is 184 Å². The second kappa shape index (κ2) is 9.24. The molecule has 8 heteroatoms. The summed E-state index contributed by atoms with van der Waals surface area (Å²) in [5.74, 6) is -0.507. The Balaban J connectivity index is 1.86. The van der Waals surface area contributed by atoms with Crippen LogP contribution in [0.4, 0.5) is 5.69 Å². The number of halogens is 2. The van der Waals surface area contributed by atoms with E-state index in [0.717, 1.165) is 16.7 Å². The molecule has 0 radical (unpaired) electrons. The number of benzene rings is 2. The lowest BCUT2D eigenvalue weighted by Crippen LogP contribution is -2.20. The van der Waals surface area contributed by atoms with Crippen LogP contribution < -0.4 is 10.6 Å². The van der Waals surface area contributed by atoms with Crippen molar-refractivity contribution in [1.82, 2.24) is 15.3 Å². The van der Waals surface area contributed by atoms with Crippen LogP contribution in [0.5, 0.6) is 0 Å². The van der Waals surface area contributed by atoms with Gasteiger partial charge in [0.25, 0.3) is 5.91 Å². The van der Waals surface area contributed by atoms with Gasteiger partial charge in [0, 0.05) is 29.5 Å². The van der Waals surface area contributed by atoms with E-state index in [1.165, 1.54) is 6.20 Å². The molecule has 154 valence electrons. The average molecular weight is 443 g/mol. The van der Waals surface area contributed by atoms with Crippen LogP contribution in [0.2, 0.25) is 10.0 Å². The van der Waals surface area contributed by atoms with Crippen LogP contribution in [-0.2, 0) is 11.2 Å². The Bertz CT molecular complexity index is 1110. The van der Waals surface area contributed by atoms with Crippen LogP contribution in [0.25, 0.3) is 11.3 Å². The summed E-state index contributed by atoms with van der Waals surface area (Å²) < 4.78 is 0. The Kier molecular flexibility index (Phi) is 6.70. The largest absolute Gasteiger partial charge is 0.359 e. The quantitative estimate of drug-likeness (QED) is 0.604. The van der Waals surface area contributed by atoms with Crippen molar-refractivity contribution < 1.29 is 9.59 Å². The number of anilines is 1. The predicted octanol–water partition coefficient (Wildman–Crippen LogP) is 4.61. The molecule has 2 amide bonds. The fraction of sp³-hybridized carbons (Fsp3) is 0.182. The lowest BCUT2D eigenvalue weighted by molar-refractivity contribution is -0.119. The highest BCUT2D eigenvalue weighted by Crippen LogP contribution is 2.29. The van der Waals surface area contributed by atoms with E-state index in [-0.39, 0.29) is 18.2 Å². The summed E-state index contributed by atoms with van der Waals surface area (Å²) >= 11 is 12.3. The minimum Gasteiger partial charge on any atom is -0.359 e. The number of amides is 2. The fourth-order valence-electron chi connectivity index (χ4n) is 3.11. The molecule has 0 aliphatic carbocycles. The molecule has 0 atom stereocenters. The number of likely N-dealkylation sites (N-methyl/N-ethyl adjacent to an activating group) is 1. The first-order valence-electron chi connectivity index (χ1n) is 9.19. The van der Waals surface area contributed by atoms with Crippen molar-refractivity contribution in [1.29, 1.82) is 0 Å². The average Bonchev–Trinajstić information content (AvgIpc) is 2.72. The number of aryl methyl sites for hydroxylation is 2. The van der Waals surface area contributed by atoms with Crippen LogP contribution >= 0.6 is 23.2 Å². The molecule has 1 heterocycles. The zero-order valence-electron chi connectivity index (χ0n) is 16.7. The second-order valence-corrected chi connectivity index (χ2v) is 7.64. The summed E-state index contributed by atoms with van der Waals surface area (Å²) in [5, 5.41) is 6.47. The van der Waals surface area contributed by atoms with Crippen LogP contribution in [-0.4, -0.2) is 28.8 Å². The molecule has 0 aliphatic heterocycles.